The SMILES string of the molecule is COC(=O)c1ccc(CSc2nnc(NC(=O)c3cccc(Cl)c3)s2)cc1. The smallest absolute Gasteiger partial charge is 0.337 e. The van der Waals surface area contributed by atoms with Crippen molar-refractivity contribution >= 4 is 51.7 Å². The van der Waals surface area contributed by atoms with Gasteiger partial charge in [0.1, 0.15) is 0 Å². The maximum Gasteiger partial charge on any atom is 0.337 e. The molecular formula is C18H14ClN3O3S2. The second-order valence-corrected chi connectivity index (χ2v) is 7.95. The zero-order valence-corrected chi connectivity index (χ0v) is 16.5. The molecule has 0 unspecified atom stereocenters. The molecule has 1 heterocycles. The van der Waals surface area contributed by atoms with Crippen LogP contribution in [-0.2, 0) is 10.5 Å². The predicted octanol–water partition coefficient (Wildman–Crippen LogP) is 4.52. The van der Waals surface area contributed by atoms with Crippen molar-refractivity contribution in [2.75, 3.05) is 12.4 Å². The van der Waals surface area contributed by atoms with Crippen LogP contribution in [0.1, 0.15) is 26.3 Å². The van der Waals surface area contributed by atoms with Crippen LogP contribution in [-0.4, -0.2) is 29.2 Å². The summed E-state index contributed by atoms with van der Waals surface area (Å²) in [5.74, 6) is 0.0141. The minimum absolute atomic E-state index is 0.288. The number of hydrogen-bond acceptors (Lipinski definition) is 7. The van der Waals surface area contributed by atoms with Crippen molar-refractivity contribution in [3.8, 4) is 0 Å². The van der Waals surface area contributed by atoms with Crippen LogP contribution in [0.5, 0.6) is 0 Å². The van der Waals surface area contributed by atoms with Gasteiger partial charge in [0, 0.05) is 16.3 Å². The van der Waals surface area contributed by atoms with Crippen LogP contribution in [0.4, 0.5) is 5.13 Å². The van der Waals surface area contributed by atoms with Crippen molar-refractivity contribution < 1.29 is 14.3 Å². The summed E-state index contributed by atoms with van der Waals surface area (Å²) in [6, 6.07) is 13.8. The van der Waals surface area contributed by atoms with Crippen molar-refractivity contribution in [1.29, 1.82) is 0 Å². The number of carbonyl (C=O) groups is 2. The van der Waals surface area contributed by atoms with E-state index in [-0.39, 0.29) is 11.9 Å². The molecule has 1 N–H and O–H groups in total. The molecule has 2 aromatic carbocycles. The number of hydrogen-bond donors (Lipinski definition) is 1. The molecule has 27 heavy (non-hydrogen) atoms. The highest BCUT2D eigenvalue weighted by Crippen LogP contribution is 2.28. The Labute approximate surface area is 168 Å². The van der Waals surface area contributed by atoms with Gasteiger partial charge in [0.05, 0.1) is 12.7 Å². The molecule has 0 saturated heterocycles. The second-order valence-electron chi connectivity index (χ2n) is 5.31. The Kier molecular flexibility index (Phi) is 6.44. The molecule has 0 aliphatic heterocycles. The minimum Gasteiger partial charge on any atom is -0.465 e. The molecule has 0 aliphatic rings. The lowest BCUT2D eigenvalue weighted by atomic mass is 10.1. The number of aromatic nitrogens is 2. The number of esters is 1. The van der Waals surface area contributed by atoms with Crippen molar-refractivity contribution in [1.82, 2.24) is 10.2 Å². The number of benzene rings is 2. The molecule has 6 nitrogen and oxygen atoms in total. The Balaban J connectivity index is 1.56. The van der Waals surface area contributed by atoms with Gasteiger partial charge >= 0.3 is 5.97 Å². The van der Waals surface area contributed by atoms with Crippen molar-refractivity contribution in [2.45, 2.75) is 10.1 Å². The zero-order chi connectivity index (χ0) is 19.2. The monoisotopic (exact) mass is 419 g/mol. The quantitative estimate of drug-likeness (QED) is 0.359. The number of carbonyl (C=O) groups excluding carboxylic acids is 2. The predicted molar refractivity (Wildman–Crippen MR) is 107 cm³/mol. The maximum absolute atomic E-state index is 12.2. The summed E-state index contributed by atoms with van der Waals surface area (Å²) >= 11 is 8.69. The average molecular weight is 420 g/mol. The molecule has 1 aromatic heterocycles. The first-order valence-electron chi connectivity index (χ1n) is 7.75. The maximum atomic E-state index is 12.2. The van der Waals surface area contributed by atoms with E-state index in [4.69, 9.17) is 11.6 Å². The number of amides is 1. The fourth-order valence-corrected chi connectivity index (χ4v) is 4.01. The van der Waals surface area contributed by atoms with Gasteiger partial charge in [0.25, 0.3) is 5.91 Å². The van der Waals surface area contributed by atoms with Crippen LogP contribution >= 0.6 is 34.7 Å². The van der Waals surface area contributed by atoms with E-state index in [1.807, 2.05) is 12.1 Å². The van der Waals surface area contributed by atoms with E-state index in [0.717, 1.165) is 9.90 Å². The molecule has 138 valence electrons. The zero-order valence-electron chi connectivity index (χ0n) is 14.1. The Bertz CT molecular complexity index is 960. The minimum atomic E-state index is -0.363. The molecule has 0 atom stereocenters. The van der Waals surface area contributed by atoms with Gasteiger partial charge in [-0.2, -0.15) is 0 Å². The summed E-state index contributed by atoms with van der Waals surface area (Å²) in [5, 5.41) is 11.7. The van der Waals surface area contributed by atoms with E-state index in [0.29, 0.717) is 27.0 Å². The molecule has 0 bridgehead atoms. The molecule has 0 fully saturated rings. The van der Waals surface area contributed by atoms with E-state index in [9.17, 15) is 9.59 Å². The first kappa shape index (κ1) is 19.3. The lowest BCUT2D eigenvalue weighted by molar-refractivity contribution is 0.0600. The molecule has 3 rings (SSSR count). The molecule has 0 spiro atoms. The normalized spacial score (nSPS) is 10.4. The van der Waals surface area contributed by atoms with E-state index in [1.165, 1.54) is 30.2 Å². The Morgan fingerprint density at radius 3 is 2.63 bits per heavy atom. The van der Waals surface area contributed by atoms with Crippen molar-refractivity contribution in [3.05, 3.63) is 70.2 Å². The number of thioether (sulfide) groups is 1. The number of halogens is 1. The Hall–Kier alpha value is -2.42. The summed E-state index contributed by atoms with van der Waals surface area (Å²) in [7, 11) is 1.35. The number of ether oxygens (including phenoxy) is 1. The summed E-state index contributed by atoms with van der Waals surface area (Å²) < 4.78 is 5.41. The largest absolute Gasteiger partial charge is 0.465 e. The van der Waals surface area contributed by atoms with Gasteiger partial charge in [0.2, 0.25) is 5.13 Å². The number of nitrogens with one attached hydrogen (secondary N) is 1. The first-order valence-corrected chi connectivity index (χ1v) is 9.93. The highest BCUT2D eigenvalue weighted by atomic mass is 35.5. The van der Waals surface area contributed by atoms with Gasteiger partial charge in [-0.3, -0.25) is 10.1 Å². The van der Waals surface area contributed by atoms with Crippen LogP contribution in [0.25, 0.3) is 0 Å². The molecule has 1 amide bonds. The number of anilines is 1. The van der Waals surface area contributed by atoms with Crippen molar-refractivity contribution in [3.63, 3.8) is 0 Å². The highest BCUT2D eigenvalue weighted by Gasteiger charge is 2.11. The molecule has 3 aromatic rings. The van der Waals surface area contributed by atoms with Gasteiger partial charge in [-0.25, -0.2) is 4.79 Å². The lowest BCUT2D eigenvalue weighted by Gasteiger charge is -2.02. The van der Waals surface area contributed by atoms with Gasteiger partial charge in [-0.1, -0.05) is 52.9 Å². The topological polar surface area (TPSA) is 81.2 Å². The van der Waals surface area contributed by atoms with E-state index in [2.05, 4.69) is 20.3 Å². The molecule has 0 radical (unpaired) electrons. The Morgan fingerprint density at radius 1 is 1.15 bits per heavy atom. The van der Waals surface area contributed by atoms with Gasteiger partial charge in [-0.15, -0.1) is 10.2 Å². The van der Waals surface area contributed by atoms with Crippen LogP contribution in [0.3, 0.4) is 0 Å². The third kappa shape index (κ3) is 5.29. The lowest BCUT2D eigenvalue weighted by Crippen LogP contribution is -2.11. The van der Waals surface area contributed by atoms with E-state index in [1.54, 1.807) is 36.4 Å². The van der Waals surface area contributed by atoms with Crippen molar-refractivity contribution in [2.24, 2.45) is 0 Å². The first-order chi connectivity index (χ1) is 13.0. The highest BCUT2D eigenvalue weighted by molar-refractivity contribution is 8.00. The van der Waals surface area contributed by atoms with E-state index >= 15 is 0 Å². The second kappa shape index (κ2) is 8.98. The number of nitrogens with zero attached hydrogens (tertiary/aromatic N) is 2. The fraction of sp³-hybridized carbons (Fsp3) is 0.111. The van der Waals surface area contributed by atoms with Crippen LogP contribution < -0.4 is 5.32 Å². The van der Waals surface area contributed by atoms with E-state index < -0.39 is 0 Å². The third-order valence-corrected chi connectivity index (χ3v) is 5.73. The summed E-state index contributed by atoms with van der Waals surface area (Å²) in [6.07, 6.45) is 0. The van der Waals surface area contributed by atoms with Crippen LogP contribution in [0.2, 0.25) is 5.02 Å². The standard InChI is InChI=1S/C18H14ClN3O3S2/c1-25-16(24)12-7-5-11(6-8-12)10-26-18-22-21-17(27-18)20-15(23)13-3-2-4-14(19)9-13/h2-9H,10H2,1H3,(H,20,21,23). The number of rotatable bonds is 6. The van der Waals surface area contributed by atoms with Gasteiger partial charge in [0.15, 0.2) is 4.34 Å². The fourth-order valence-electron chi connectivity index (χ4n) is 2.12. The summed E-state index contributed by atoms with van der Waals surface area (Å²) in [5.41, 5.74) is 2.00. The van der Waals surface area contributed by atoms with Crippen LogP contribution in [0, 0.1) is 0 Å². The third-order valence-electron chi connectivity index (χ3n) is 3.45. The van der Waals surface area contributed by atoms with Gasteiger partial charge < -0.3 is 4.74 Å². The van der Waals surface area contributed by atoms with Gasteiger partial charge in [-0.05, 0) is 35.9 Å². The van der Waals surface area contributed by atoms with Crippen LogP contribution in [0.15, 0.2) is 52.9 Å². The molecule has 0 saturated carbocycles. The molecule has 9 heteroatoms. The summed E-state index contributed by atoms with van der Waals surface area (Å²) in [4.78, 5) is 23.6. The summed E-state index contributed by atoms with van der Waals surface area (Å²) in [6.45, 7) is 0. The molecule has 0 aliphatic carbocycles. The molecular weight excluding hydrogens is 406 g/mol. The Morgan fingerprint density at radius 2 is 1.93 bits per heavy atom. The number of methoxy groups -OCH3 is 1. The average Bonchev–Trinajstić information content (AvgIpc) is 3.13.